The largest absolute Gasteiger partial charge is 0.361 e. The zero-order chi connectivity index (χ0) is 13.8. The van der Waals surface area contributed by atoms with Gasteiger partial charge in [0.15, 0.2) is 5.11 Å². The van der Waals surface area contributed by atoms with E-state index in [0.29, 0.717) is 11.7 Å². The molecule has 19 heavy (non-hydrogen) atoms. The van der Waals surface area contributed by atoms with Crippen LogP contribution in [0.15, 0.2) is 30.3 Å². The molecule has 1 aliphatic heterocycles. The van der Waals surface area contributed by atoms with Crippen LogP contribution < -0.4 is 10.2 Å². The van der Waals surface area contributed by atoms with Gasteiger partial charge in [0.1, 0.15) is 0 Å². The first-order valence-electron chi connectivity index (χ1n) is 6.49. The Morgan fingerprint density at radius 1 is 1.42 bits per heavy atom. The number of hydrogen-bond acceptors (Lipinski definition) is 2. The molecule has 5 heteroatoms. The molecule has 0 radical (unpaired) electrons. The normalized spacial score (nSPS) is 14.7. The van der Waals surface area contributed by atoms with E-state index in [-0.39, 0.29) is 11.9 Å². The Balaban J connectivity index is 2.11. The highest BCUT2D eigenvalue weighted by molar-refractivity contribution is 7.80. The Hall–Kier alpha value is -1.62. The van der Waals surface area contributed by atoms with Crippen molar-refractivity contribution in [2.75, 3.05) is 24.5 Å². The number of amides is 1. The van der Waals surface area contributed by atoms with E-state index in [4.69, 9.17) is 12.2 Å². The molecule has 1 aromatic carbocycles. The lowest BCUT2D eigenvalue weighted by atomic mass is 10.2. The number of nitrogens with one attached hydrogen (secondary N) is 1. The highest BCUT2D eigenvalue weighted by Gasteiger charge is 2.24. The minimum absolute atomic E-state index is 0.0762. The van der Waals surface area contributed by atoms with Crippen molar-refractivity contribution in [2.45, 2.75) is 19.9 Å². The van der Waals surface area contributed by atoms with Crippen molar-refractivity contribution in [3.8, 4) is 0 Å². The third kappa shape index (κ3) is 3.23. The summed E-state index contributed by atoms with van der Waals surface area (Å²) in [4.78, 5) is 16.2. The molecule has 0 aliphatic carbocycles. The SMILES string of the molecule is CC(C)N(C(=O)CN1CCNC1=S)c1ccccc1. The smallest absolute Gasteiger partial charge is 0.246 e. The first-order valence-corrected chi connectivity index (χ1v) is 6.90. The molecule has 1 aromatic rings. The average molecular weight is 277 g/mol. The standard InChI is InChI=1S/C14H19N3OS/c1-11(2)17(12-6-4-3-5-7-12)13(18)10-16-9-8-15-14(16)19/h3-7,11H,8-10H2,1-2H3,(H,15,19). The van der Waals surface area contributed by atoms with Gasteiger partial charge in [-0.05, 0) is 38.2 Å². The zero-order valence-corrected chi connectivity index (χ0v) is 12.1. The molecule has 1 saturated heterocycles. The van der Waals surface area contributed by atoms with Crippen LogP contribution in [0.2, 0.25) is 0 Å². The summed E-state index contributed by atoms with van der Waals surface area (Å²) in [6.45, 7) is 5.99. The summed E-state index contributed by atoms with van der Waals surface area (Å²) in [6, 6.07) is 9.88. The maximum Gasteiger partial charge on any atom is 0.246 e. The molecule has 0 aromatic heterocycles. The predicted octanol–water partition coefficient (Wildman–Crippen LogP) is 1.62. The van der Waals surface area contributed by atoms with Crippen LogP contribution in [0.25, 0.3) is 0 Å². The lowest BCUT2D eigenvalue weighted by Gasteiger charge is -2.29. The second kappa shape index (κ2) is 6.02. The highest BCUT2D eigenvalue weighted by Crippen LogP contribution is 2.17. The molecule has 1 aliphatic rings. The Labute approximate surface area is 119 Å². The molecular formula is C14H19N3OS. The summed E-state index contributed by atoms with van der Waals surface area (Å²) in [5.74, 6) is 0.0762. The highest BCUT2D eigenvalue weighted by atomic mass is 32.1. The summed E-state index contributed by atoms with van der Waals surface area (Å²) < 4.78 is 0. The number of thiocarbonyl (C=S) groups is 1. The van der Waals surface area contributed by atoms with E-state index in [1.54, 1.807) is 0 Å². The van der Waals surface area contributed by atoms with Crippen LogP contribution in [-0.2, 0) is 4.79 Å². The summed E-state index contributed by atoms with van der Waals surface area (Å²) in [7, 11) is 0. The van der Waals surface area contributed by atoms with Crippen LogP contribution in [-0.4, -0.2) is 41.6 Å². The molecule has 0 bridgehead atoms. The van der Waals surface area contributed by atoms with Gasteiger partial charge < -0.3 is 15.1 Å². The fraction of sp³-hybridized carbons (Fsp3) is 0.429. The number of anilines is 1. The van der Waals surface area contributed by atoms with Crippen LogP contribution in [0.4, 0.5) is 5.69 Å². The molecular weight excluding hydrogens is 258 g/mol. The fourth-order valence-corrected chi connectivity index (χ4v) is 2.48. The maximum atomic E-state index is 12.5. The van der Waals surface area contributed by atoms with Gasteiger partial charge in [0.2, 0.25) is 5.91 Å². The van der Waals surface area contributed by atoms with E-state index >= 15 is 0 Å². The van der Waals surface area contributed by atoms with Gasteiger partial charge in [0.25, 0.3) is 0 Å². The van der Waals surface area contributed by atoms with E-state index in [0.717, 1.165) is 18.8 Å². The van der Waals surface area contributed by atoms with Gasteiger partial charge in [-0.25, -0.2) is 0 Å². The van der Waals surface area contributed by atoms with Gasteiger partial charge >= 0.3 is 0 Å². The molecule has 1 fully saturated rings. The third-order valence-electron chi connectivity index (χ3n) is 3.09. The average Bonchev–Trinajstić information content (AvgIpc) is 2.76. The Morgan fingerprint density at radius 2 is 2.11 bits per heavy atom. The van der Waals surface area contributed by atoms with Crippen molar-refractivity contribution in [2.24, 2.45) is 0 Å². The molecule has 1 heterocycles. The van der Waals surface area contributed by atoms with Crippen LogP contribution in [0, 0.1) is 0 Å². The fourth-order valence-electron chi connectivity index (χ4n) is 2.22. The minimum Gasteiger partial charge on any atom is -0.361 e. The summed E-state index contributed by atoms with van der Waals surface area (Å²) in [5, 5.41) is 3.74. The molecule has 102 valence electrons. The summed E-state index contributed by atoms with van der Waals surface area (Å²) in [5.41, 5.74) is 0.931. The molecule has 1 amide bonds. The van der Waals surface area contributed by atoms with E-state index in [9.17, 15) is 4.79 Å². The quantitative estimate of drug-likeness (QED) is 0.848. The molecule has 0 spiro atoms. The molecule has 0 atom stereocenters. The number of benzene rings is 1. The Bertz CT molecular complexity index is 461. The molecule has 1 N–H and O–H groups in total. The van der Waals surface area contributed by atoms with E-state index < -0.39 is 0 Å². The number of nitrogens with zero attached hydrogens (tertiary/aromatic N) is 2. The topological polar surface area (TPSA) is 35.6 Å². The molecule has 0 unspecified atom stereocenters. The minimum atomic E-state index is 0.0762. The second-order valence-electron chi connectivity index (χ2n) is 4.85. The van der Waals surface area contributed by atoms with Crippen molar-refractivity contribution in [3.05, 3.63) is 30.3 Å². The van der Waals surface area contributed by atoms with Gasteiger partial charge in [-0.15, -0.1) is 0 Å². The first-order chi connectivity index (χ1) is 9.09. The van der Waals surface area contributed by atoms with Crippen molar-refractivity contribution >= 4 is 28.9 Å². The zero-order valence-electron chi connectivity index (χ0n) is 11.3. The van der Waals surface area contributed by atoms with Gasteiger partial charge in [-0.1, -0.05) is 18.2 Å². The van der Waals surface area contributed by atoms with E-state index in [1.807, 2.05) is 54.0 Å². The van der Waals surface area contributed by atoms with Crippen molar-refractivity contribution in [3.63, 3.8) is 0 Å². The van der Waals surface area contributed by atoms with Gasteiger partial charge in [0, 0.05) is 24.8 Å². The molecule has 4 nitrogen and oxygen atoms in total. The first kappa shape index (κ1) is 13.8. The summed E-state index contributed by atoms with van der Waals surface area (Å²) >= 11 is 5.17. The van der Waals surface area contributed by atoms with Crippen LogP contribution in [0.3, 0.4) is 0 Å². The number of carbonyl (C=O) groups excluding carboxylic acids is 1. The second-order valence-corrected chi connectivity index (χ2v) is 5.23. The third-order valence-corrected chi connectivity index (χ3v) is 3.49. The number of para-hydroxylation sites is 1. The Morgan fingerprint density at radius 3 is 2.63 bits per heavy atom. The lowest BCUT2D eigenvalue weighted by Crippen LogP contribution is -2.44. The van der Waals surface area contributed by atoms with E-state index in [2.05, 4.69) is 5.32 Å². The van der Waals surface area contributed by atoms with Crippen LogP contribution in [0.1, 0.15) is 13.8 Å². The Kier molecular flexibility index (Phi) is 4.37. The maximum absolute atomic E-state index is 12.5. The number of carbonyl (C=O) groups is 1. The van der Waals surface area contributed by atoms with Crippen molar-refractivity contribution < 1.29 is 4.79 Å². The number of rotatable bonds is 4. The van der Waals surface area contributed by atoms with Gasteiger partial charge in [0.05, 0.1) is 6.54 Å². The van der Waals surface area contributed by atoms with Crippen LogP contribution >= 0.6 is 12.2 Å². The number of hydrogen-bond donors (Lipinski definition) is 1. The monoisotopic (exact) mass is 277 g/mol. The van der Waals surface area contributed by atoms with Crippen molar-refractivity contribution in [1.29, 1.82) is 0 Å². The van der Waals surface area contributed by atoms with E-state index in [1.165, 1.54) is 0 Å². The van der Waals surface area contributed by atoms with Crippen molar-refractivity contribution in [1.82, 2.24) is 10.2 Å². The van der Waals surface area contributed by atoms with Gasteiger partial charge in [-0.2, -0.15) is 0 Å². The molecule has 0 saturated carbocycles. The van der Waals surface area contributed by atoms with Gasteiger partial charge in [-0.3, -0.25) is 4.79 Å². The predicted molar refractivity (Wildman–Crippen MR) is 81.2 cm³/mol. The van der Waals surface area contributed by atoms with Crippen LogP contribution in [0.5, 0.6) is 0 Å². The molecule has 2 rings (SSSR count). The summed E-state index contributed by atoms with van der Waals surface area (Å²) in [6.07, 6.45) is 0. The lowest BCUT2D eigenvalue weighted by molar-refractivity contribution is -0.119.